The maximum absolute atomic E-state index is 10.6. The third kappa shape index (κ3) is 3.66. The van der Waals surface area contributed by atoms with E-state index in [1.54, 1.807) is 32.3 Å². The number of nitrogen functional groups attached to an aromatic ring is 1. The standard InChI is InChI=1S/C22H19N5O2/c1-13-4-5-15(6-8-22(3,28)18-10-14(2)29-27-18)11-17(13)21-25-12-16-7-9-24-20(23)19(16)26-21/h4-5,7,9-12,28H,1-3H3,(H2,23,24)/t22-/m1/s1. The molecule has 7 heteroatoms. The molecule has 0 spiro atoms. The number of nitrogens with zero attached hydrogens (tertiary/aromatic N) is 4. The van der Waals surface area contributed by atoms with E-state index in [9.17, 15) is 5.11 Å². The molecule has 0 saturated heterocycles. The highest BCUT2D eigenvalue weighted by molar-refractivity contribution is 5.87. The minimum absolute atomic E-state index is 0.360. The van der Waals surface area contributed by atoms with Crippen molar-refractivity contribution in [3.8, 4) is 23.2 Å². The van der Waals surface area contributed by atoms with E-state index in [0.29, 0.717) is 34.2 Å². The van der Waals surface area contributed by atoms with Crippen molar-refractivity contribution in [3.63, 3.8) is 0 Å². The largest absolute Gasteiger partial charge is 0.382 e. The van der Waals surface area contributed by atoms with Gasteiger partial charge in [0.25, 0.3) is 0 Å². The summed E-state index contributed by atoms with van der Waals surface area (Å²) in [5.74, 6) is 7.37. The third-order valence-corrected chi connectivity index (χ3v) is 4.58. The minimum Gasteiger partial charge on any atom is -0.382 e. The number of hydrogen-bond donors (Lipinski definition) is 2. The fraction of sp³-hybridized carbons (Fsp3) is 0.182. The maximum Gasteiger partial charge on any atom is 0.168 e. The van der Waals surface area contributed by atoms with Gasteiger partial charge in [-0.25, -0.2) is 15.0 Å². The number of hydrogen-bond acceptors (Lipinski definition) is 7. The Morgan fingerprint density at radius 2 is 1.97 bits per heavy atom. The summed E-state index contributed by atoms with van der Waals surface area (Å²) in [5, 5.41) is 15.3. The SMILES string of the molecule is Cc1cc([C@](C)(O)C#Cc2ccc(C)c(-c3ncc4ccnc(N)c4n3)c2)no1. The van der Waals surface area contributed by atoms with Gasteiger partial charge < -0.3 is 15.4 Å². The van der Waals surface area contributed by atoms with Gasteiger partial charge in [-0.1, -0.05) is 23.1 Å². The molecular formula is C22H19N5O2. The second kappa shape index (κ2) is 7.00. The van der Waals surface area contributed by atoms with Crippen molar-refractivity contribution >= 4 is 16.7 Å². The summed E-state index contributed by atoms with van der Waals surface area (Å²) < 4.78 is 5.03. The lowest BCUT2D eigenvalue weighted by Gasteiger charge is -2.11. The van der Waals surface area contributed by atoms with Crippen molar-refractivity contribution in [2.45, 2.75) is 26.4 Å². The summed E-state index contributed by atoms with van der Waals surface area (Å²) >= 11 is 0. The number of aliphatic hydroxyl groups is 1. The number of aromatic nitrogens is 4. The van der Waals surface area contributed by atoms with Gasteiger partial charge in [0, 0.05) is 35.0 Å². The summed E-state index contributed by atoms with van der Waals surface area (Å²) in [5.41, 5.74) is 8.06. The molecule has 3 N–H and O–H groups in total. The van der Waals surface area contributed by atoms with E-state index < -0.39 is 5.60 Å². The van der Waals surface area contributed by atoms with Gasteiger partial charge in [-0.3, -0.25) is 0 Å². The van der Waals surface area contributed by atoms with Crippen molar-refractivity contribution in [2.75, 3.05) is 5.73 Å². The maximum atomic E-state index is 10.6. The van der Waals surface area contributed by atoms with Crippen LogP contribution in [-0.2, 0) is 5.60 Å². The quantitative estimate of drug-likeness (QED) is 0.510. The van der Waals surface area contributed by atoms with E-state index in [4.69, 9.17) is 10.3 Å². The molecule has 0 fully saturated rings. The number of fused-ring (bicyclic) bond motifs is 1. The van der Waals surface area contributed by atoms with Gasteiger partial charge in [0.1, 0.15) is 22.8 Å². The highest BCUT2D eigenvalue weighted by Gasteiger charge is 2.24. The number of pyridine rings is 1. The first-order chi connectivity index (χ1) is 13.8. The van der Waals surface area contributed by atoms with Crippen LogP contribution in [0.5, 0.6) is 0 Å². The lowest BCUT2D eigenvalue weighted by molar-refractivity contribution is 0.112. The molecule has 3 heterocycles. The lowest BCUT2D eigenvalue weighted by Crippen LogP contribution is -2.18. The monoisotopic (exact) mass is 385 g/mol. The van der Waals surface area contributed by atoms with Crippen LogP contribution in [-0.4, -0.2) is 25.2 Å². The van der Waals surface area contributed by atoms with Crippen molar-refractivity contribution < 1.29 is 9.63 Å². The average Bonchev–Trinajstić information content (AvgIpc) is 3.15. The molecule has 1 aromatic carbocycles. The lowest BCUT2D eigenvalue weighted by atomic mass is 10.0. The molecule has 7 nitrogen and oxygen atoms in total. The van der Waals surface area contributed by atoms with Gasteiger partial charge >= 0.3 is 0 Å². The molecule has 3 aromatic heterocycles. The topological polar surface area (TPSA) is 111 Å². The van der Waals surface area contributed by atoms with E-state index in [2.05, 4.69) is 31.9 Å². The summed E-state index contributed by atoms with van der Waals surface area (Å²) in [4.78, 5) is 13.1. The number of benzene rings is 1. The second-order valence-electron chi connectivity index (χ2n) is 7.00. The van der Waals surface area contributed by atoms with E-state index in [1.807, 2.05) is 31.2 Å². The van der Waals surface area contributed by atoms with E-state index >= 15 is 0 Å². The average molecular weight is 385 g/mol. The number of anilines is 1. The Kier molecular flexibility index (Phi) is 4.49. The number of aryl methyl sites for hydroxylation is 2. The zero-order valence-electron chi connectivity index (χ0n) is 16.3. The van der Waals surface area contributed by atoms with Gasteiger partial charge in [-0.15, -0.1) is 0 Å². The Labute approximate surface area is 167 Å². The normalized spacial score (nSPS) is 13.0. The first-order valence-electron chi connectivity index (χ1n) is 9.01. The molecule has 1 atom stereocenters. The first-order valence-corrected chi connectivity index (χ1v) is 9.01. The molecule has 0 radical (unpaired) electrons. The Hall–Kier alpha value is -3.76. The fourth-order valence-electron chi connectivity index (χ4n) is 2.90. The second-order valence-corrected chi connectivity index (χ2v) is 7.00. The number of rotatable bonds is 2. The minimum atomic E-state index is -1.43. The Morgan fingerprint density at radius 3 is 2.72 bits per heavy atom. The summed E-state index contributed by atoms with van der Waals surface area (Å²) in [6, 6.07) is 9.19. The zero-order chi connectivity index (χ0) is 20.6. The van der Waals surface area contributed by atoms with Crippen molar-refractivity contribution in [3.05, 3.63) is 65.3 Å². The highest BCUT2D eigenvalue weighted by Crippen LogP contribution is 2.25. The van der Waals surface area contributed by atoms with Crippen LogP contribution >= 0.6 is 0 Å². The van der Waals surface area contributed by atoms with Gasteiger partial charge in [0.15, 0.2) is 11.4 Å². The van der Waals surface area contributed by atoms with Gasteiger partial charge in [-0.05, 0) is 44.5 Å². The Morgan fingerprint density at radius 1 is 1.14 bits per heavy atom. The first kappa shape index (κ1) is 18.6. The van der Waals surface area contributed by atoms with Crippen LogP contribution in [0, 0.1) is 25.7 Å². The van der Waals surface area contributed by atoms with E-state index in [-0.39, 0.29) is 0 Å². The van der Waals surface area contributed by atoms with Crippen molar-refractivity contribution in [2.24, 2.45) is 0 Å². The predicted octanol–water partition coefficient (Wildman–Crippen LogP) is 3.14. The molecule has 0 bridgehead atoms. The third-order valence-electron chi connectivity index (χ3n) is 4.58. The Balaban J connectivity index is 1.73. The van der Waals surface area contributed by atoms with Crippen LogP contribution in [0.1, 0.15) is 29.5 Å². The molecule has 0 unspecified atom stereocenters. The smallest absolute Gasteiger partial charge is 0.168 e. The molecule has 0 aliphatic carbocycles. The Bertz CT molecular complexity index is 1280. The van der Waals surface area contributed by atoms with Crippen LogP contribution in [0.3, 0.4) is 0 Å². The molecule has 4 rings (SSSR count). The molecule has 0 amide bonds. The predicted molar refractivity (Wildman–Crippen MR) is 110 cm³/mol. The van der Waals surface area contributed by atoms with Crippen LogP contribution in [0.15, 0.2) is 47.2 Å². The van der Waals surface area contributed by atoms with Crippen LogP contribution in [0.25, 0.3) is 22.3 Å². The van der Waals surface area contributed by atoms with Crippen LogP contribution in [0.4, 0.5) is 5.82 Å². The molecule has 0 aliphatic rings. The fourth-order valence-corrected chi connectivity index (χ4v) is 2.90. The van der Waals surface area contributed by atoms with Crippen molar-refractivity contribution in [1.29, 1.82) is 0 Å². The highest BCUT2D eigenvalue weighted by atomic mass is 16.5. The summed E-state index contributed by atoms with van der Waals surface area (Å²) in [6.07, 6.45) is 3.36. The molecule has 4 aromatic rings. The van der Waals surface area contributed by atoms with Crippen molar-refractivity contribution in [1.82, 2.24) is 20.1 Å². The molecular weight excluding hydrogens is 366 g/mol. The molecule has 0 aliphatic heterocycles. The summed E-state index contributed by atoms with van der Waals surface area (Å²) in [7, 11) is 0. The van der Waals surface area contributed by atoms with Crippen LogP contribution < -0.4 is 5.73 Å². The van der Waals surface area contributed by atoms with Gasteiger partial charge in [0.2, 0.25) is 0 Å². The van der Waals surface area contributed by atoms with Gasteiger partial charge in [0.05, 0.1) is 0 Å². The number of nitrogens with two attached hydrogens (primary N) is 1. The van der Waals surface area contributed by atoms with E-state index in [1.165, 1.54) is 0 Å². The van der Waals surface area contributed by atoms with Gasteiger partial charge in [-0.2, -0.15) is 0 Å². The molecule has 0 saturated carbocycles. The zero-order valence-corrected chi connectivity index (χ0v) is 16.3. The van der Waals surface area contributed by atoms with Crippen LogP contribution in [0.2, 0.25) is 0 Å². The molecule has 144 valence electrons. The molecule has 29 heavy (non-hydrogen) atoms. The van der Waals surface area contributed by atoms with E-state index in [0.717, 1.165) is 16.5 Å². The summed E-state index contributed by atoms with van der Waals surface area (Å²) in [6.45, 7) is 5.31.